The number of rotatable bonds is 20. The number of amides is 8. The predicted molar refractivity (Wildman–Crippen MR) is 262 cm³/mol. The number of primary amides is 1. The number of hydrogen-bond donors (Lipinski definition) is 12. The van der Waals surface area contributed by atoms with Gasteiger partial charge in [-0.1, -0.05) is 77.8 Å². The molecule has 404 valence electrons. The predicted octanol–water partition coefficient (Wildman–Crippen LogP) is -1.12. The summed E-state index contributed by atoms with van der Waals surface area (Å²) in [7, 11) is 0. The SMILES string of the molecule is CCC(C)CC(C)CCCCCCCCC(=O)NC1C[C@@H](O)CNC(=O)[C@@H]2CCCN2C(=O)C([C@H](O)CC(N)=O)NC(=O)[C@H]([C@H](O)Cc2ccc(O)cc2)NC(=O)C2C[C@@H](O)CN2C(=O)C([C@@H](C)O)NC1=O. The monoisotopic (exact) mass is 1020 g/mol. The molecule has 1 aromatic rings. The van der Waals surface area contributed by atoms with E-state index < -0.39 is 146 Å². The molecule has 8 amide bonds. The number of phenolic OH excluding ortho intramolecular Hbond substituents is 1. The van der Waals surface area contributed by atoms with E-state index in [9.17, 15) is 69.0 Å². The second-order valence-electron chi connectivity index (χ2n) is 20.2. The van der Waals surface area contributed by atoms with Crippen molar-refractivity contribution in [3.63, 3.8) is 0 Å². The molecule has 4 rings (SSSR count). The highest BCUT2D eigenvalue weighted by Crippen LogP contribution is 2.24. The Labute approximate surface area is 421 Å². The summed E-state index contributed by atoms with van der Waals surface area (Å²) in [5.74, 6) is -6.51. The van der Waals surface area contributed by atoms with E-state index in [1.165, 1.54) is 50.5 Å². The summed E-state index contributed by atoms with van der Waals surface area (Å²) in [4.78, 5) is 112. The number of β-amino-alcohol motifs (C(OH)–C–C–N with tert-alkyl or cyclic N) is 1. The minimum Gasteiger partial charge on any atom is -0.508 e. The van der Waals surface area contributed by atoms with Crippen molar-refractivity contribution in [1.29, 1.82) is 0 Å². The van der Waals surface area contributed by atoms with Gasteiger partial charge < -0.3 is 72.8 Å². The first-order valence-electron chi connectivity index (χ1n) is 25.7. The summed E-state index contributed by atoms with van der Waals surface area (Å²) in [5, 5.41) is 78.0. The minimum atomic E-state index is -1.98. The summed E-state index contributed by atoms with van der Waals surface area (Å²) in [6.07, 6.45) is -0.979. The first-order chi connectivity index (χ1) is 34.1. The summed E-state index contributed by atoms with van der Waals surface area (Å²) >= 11 is 0. The number of aliphatic hydroxyl groups is 5. The van der Waals surface area contributed by atoms with E-state index in [1.807, 2.05) is 0 Å². The van der Waals surface area contributed by atoms with Gasteiger partial charge >= 0.3 is 0 Å². The number of fused-ring (bicyclic) bond motifs is 2. The van der Waals surface area contributed by atoms with Crippen molar-refractivity contribution in [2.45, 2.75) is 197 Å². The van der Waals surface area contributed by atoms with Crippen LogP contribution < -0.4 is 32.3 Å². The highest BCUT2D eigenvalue weighted by Gasteiger charge is 2.46. The molecule has 6 unspecified atom stereocenters. The summed E-state index contributed by atoms with van der Waals surface area (Å²) in [6, 6.07) is -4.56. The van der Waals surface area contributed by atoms with E-state index in [4.69, 9.17) is 5.73 Å². The van der Waals surface area contributed by atoms with Crippen LogP contribution in [0, 0.1) is 11.8 Å². The molecular weight excluding hydrogens is 937 g/mol. The number of nitrogens with one attached hydrogen (secondary N) is 5. The van der Waals surface area contributed by atoms with Crippen LogP contribution >= 0.6 is 0 Å². The van der Waals surface area contributed by atoms with Gasteiger partial charge in [0.2, 0.25) is 47.3 Å². The summed E-state index contributed by atoms with van der Waals surface area (Å²) < 4.78 is 0. The Morgan fingerprint density at radius 3 is 2.01 bits per heavy atom. The minimum absolute atomic E-state index is 0.0342. The summed E-state index contributed by atoms with van der Waals surface area (Å²) in [5.41, 5.74) is 5.74. The molecule has 3 fully saturated rings. The van der Waals surface area contributed by atoms with Gasteiger partial charge in [-0.15, -0.1) is 0 Å². The molecule has 13 N–H and O–H groups in total. The molecule has 13 atom stereocenters. The number of carbonyl (C=O) groups is 8. The van der Waals surface area contributed by atoms with Crippen LogP contribution in [0.1, 0.15) is 130 Å². The standard InChI is InChI=1S/C50H80N8O14/c1-5-28(2)21-29(3)13-10-8-6-7-9-11-15-41(66)53-35-23-33(61)26-52-46(68)36-14-12-20-57(36)50(72)44(39(64)25-40(51)65)56-48(70)43(38(63)22-31-16-18-32(60)19-17-31)55-47(69)37-24-34(62)27-58(37)49(71)42(30(4)59)54-45(35)67/h16-19,28-30,33-39,42-44,59-64H,5-15,20-27H2,1-4H3,(H2,51,65)(H,52,68)(H,53,66)(H,54,67)(H,55,69)(H,56,70)/t28?,29?,30-,33-,34-,35?,36+,37?,38-,39-,42?,43+,44?/m1/s1. The molecule has 0 aliphatic carbocycles. The zero-order chi connectivity index (χ0) is 53.2. The molecule has 0 aromatic heterocycles. The van der Waals surface area contributed by atoms with Crippen molar-refractivity contribution in [3.8, 4) is 5.75 Å². The molecule has 1 aromatic carbocycles. The van der Waals surface area contributed by atoms with Crippen molar-refractivity contribution < 1.29 is 69.0 Å². The molecule has 0 spiro atoms. The fourth-order valence-corrected chi connectivity index (χ4v) is 9.72. The Hall–Kier alpha value is -5.42. The van der Waals surface area contributed by atoms with Gasteiger partial charge in [-0.3, -0.25) is 38.4 Å². The van der Waals surface area contributed by atoms with Crippen LogP contribution in [-0.4, -0.2) is 174 Å². The largest absolute Gasteiger partial charge is 0.508 e. The van der Waals surface area contributed by atoms with Gasteiger partial charge in [0.1, 0.15) is 42.0 Å². The van der Waals surface area contributed by atoms with E-state index in [2.05, 4.69) is 47.4 Å². The van der Waals surface area contributed by atoms with Crippen molar-refractivity contribution in [2.75, 3.05) is 19.6 Å². The zero-order valence-electron chi connectivity index (χ0n) is 42.2. The highest BCUT2D eigenvalue weighted by molar-refractivity contribution is 5.98. The Balaban J connectivity index is 1.62. The lowest BCUT2D eigenvalue weighted by Gasteiger charge is -2.33. The number of phenols is 1. The van der Waals surface area contributed by atoms with Crippen LogP contribution in [0.15, 0.2) is 24.3 Å². The molecule has 72 heavy (non-hydrogen) atoms. The molecule has 3 aliphatic heterocycles. The Morgan fingerprint density at radius 2 is 1.36 bits per heavy atom. The van der Waals surface area contributed by atoms with Gasteiger partial charge in [0, 0.05) is 45.3 Å². The molecule has 0 radical (unpaired) electrons. The van der Waals surface area contributed by atoms with Crippen LogP contribution in [0.5, 0.6) is 5.75 Å². The topological polar surface area (TPSA) is 351 Å². The van der Waals surface area contributed by atoms with E-state index >= 15 is 0 Å². The fourth-order valence-electron chi connectivity index (χ4n) is 9.72. The lowest BCUT2D eigenvalue weighted by atomic mass is 9.91. The lowest BCUT2D eigenvalue weighted by Crippen LogP contribution is -2.64. The Morgan fingerprint density at radius 1 is 0.736 bits per heavy atom. The van der Waals surface area contributed by atoms with Gasteiger partial charge in [0.15, 0.2) is 0 Å². The number of nitrogens with zero attached hydrogens (tertiary/aromatic N) is 2. The average molecular weight is 1020 g/mol. The molecule has 22 heteroatoms. The molecule has 3 aliphatic rings. The number of unbranched alkanes of at least 4 members (excludes halogenated alkanes) is 5. The number of nitrogens with two attached hydrogens (primary N) is 1. The van der Waals surface area contributed by atoms with E-state index in [-0.39, 0.29) is 38.0 Å². The van der Waals surface area contributed by atoms with Gasteiger partial charge in [-0.2, -0.15) is 0 Å². The second kappa shape index (κ2) is 28.7. The van der Waals surface area contributed by atoms with Gasteiger partial charge in [-0.05, 0) is 62.1 Å². The third kappa shape index (κ3) is 18.0. The highest BCUT2D eigenvalue weighted by atomic mass is 16.3. The lowest BCUT2D eigenvalue weighted by molar-refractivity contribution is -0.146. The second-order valence-corrected chi connectivity index (χ2v) is 20.2. The van der Waals surface area contributed by atoms with Crippen LogP contribution in [0.25, 0.3) is 0 Å². The average Bonchev–Trinajstić information content (AvgIpc) is 3.98. The molecule has 3 saturated heterocycles. The zero-order valence-corrected chi connectivity index (χ0v) is 42.2. The Kier molecular flexibility index (Phi) is 23.6. The van der Waals surface area contributed by atoms with E-state index in [1.54, 1.807) is 0 Å². The van der Waals surface area contributed by atoms with Crippen LogP contribution in [0.4, 0.5) is 0 Å². The first-order valence-corrected chi connectivity index (χ1v) is 25.7. The molecule has 0 bridgehead atoms. The normalized spacial score (nSPS) is 27.2. The molecule has 22 nitrogen and oxygen atoms in total. The van der Waals surface area contributed by atoms with Crippen molar-refractivity contribution in [1.82, 2.24) is 36.4 Å². The number of hydrogen-bond acceptors (Lipinski definition) is 14. The maximum absolute atomic E-state index is 14.3. The maximum Gasteiger partial charge on any atom is 0.248 e. The van der Waals surface area contributed by atoms with E-state index in [0.29, 0.717) is 23.8 Å². The van der Waals surface area contributed by atoms with Crippen molar-refractivity contribution in [3.05, 3.63) is 29.8 Å². The number of carbonyl (C=O) groups excluding carboxylic acids is 8. The first kappa shape index (κ1) is 59.1. The van der Waals surface area contributed by atoms with Gasteiger partial charge in [0.05, 0.1) is 36.9 Å². The summed E-state index contributed by atoms with van der Waals surface area (Å²) in [6.45, 7) is 6.93. The van der Waals surface area contributed by atoms with Crippen LogP contribution in [-0.2, 0) is 44.8 Å². The Bertz CT molecular complexity index is 1990. The van der Waals surface area contributed by atoms with Crippen molar-refractivity contribution >= 4 is 47.3 Å². The fraction of sp³-hybridized carbons (Fsp3) is 0.720. The molecule has 0 saturated carbocycles. The third-order valence-electron chi connectivity index (χ3n) is 14.0. The number of benzene rings is 1. The van der Waals surface area contributed by atoms with Crippen molar-refractivity contribution in [2.24, 2.45) is 17.6 Å². The number of aliphatic hydroxyl groups excluding tert-OH is 5. The third-order valence-corrected chi connectivity index (χ3v) is 14.0. The number of aromatic hydroxyl groups is 1. The van der Waals surface area contributed by atoms with Gasteiger partial charge in [-0.25, -0.2) is 0 Å². The van der Waals surface area contributed by atoms with E-state index in [0.717, 1.165) is 41.9 Å². The molecule has 3 heterocycles. The van der Waals surface area contributed by atoms with Gasteiger partial charge in [0.25, 0.3) is 0 Å². The van der Waals surface area contributed by atoms with Crippen LogP contribution in [0.2, 0.25) is 0 Å². The quantitative estimate of drug-likeness (QED) is 0.0689. The smallest absolute Gasteiger partial charge is 0.248 e. The maximum atomic E-state index is 14.3. The van der Waals surface area contributed by atoms with Crippen LogP contribution in [0.3, 0.4) is 0 Å². The molecular formula is C50H80N8O14.